The quantitative estimate of drug-likeness (QED) is 0.174. The molecule has 13 heteroatoms. The van der Waals surface area contributed by atoms with E-state index in [2.05, 4.69) is 26.2 Å². The van der Waals surface area contributed by atoms with Crippen LogP contribution in [0.4, 0.5) is 5.95 Å². The van der Waals surface area contributed by atoms with Gasteiger partial charge in [-0.1, -0.05) is 47.6 Å². The average molecular weight is 586 g/mol. The van der Waals surface area contributed by atoms with E-state index in [1.54, 1.807) is 24.3 Å². The molecule has 0 unspecified atom stereocenters. The number of tetrazole rings is 1. The first kappa shape index (κ1) is 29.0. The van der Waals surface area contributed by atoms with Gasteiger partial charge in [-0.3, -0.25) is 9.59 Å². The number of aromatic hydroxyl groups is 2. The smallest absolute Gasteiger partial charge is 0.326 e. The van der Waals surface area contributed by atoms with Crippen molar-refractivity contribution < 1.29 is 29.7 Å². The van der Waals surface area contributed by atoms with Gasteiger partial charge in [-0.2, -0.15) is 4.68 Å². The summed E-state index contributed by atoms with van der Waals surface area (Å²) in [7, 11) is 0. The maximum atomic E-state index is 14.1. The van der Waals surface area contributed by atoms with E-state index >= 15 is 0 Å². The Bertz CT molecular complexity index is 1560. The molecule has 3 aromatic carbocycles. The van der Waals surface area contributed by atoms with Crippen molar-refractivity contribution in [3.63, 3.8) is 0 Å². The normalized spacial score (nSPS) is 15.9. The second-order valence-electron chi connectivity index (χ2n) is 10.3. The Morgan fingerprint density at radius 1 is 0.860 bits per heavy atom. The summed E-state index contributed by atoms with van der Waals surface area (Å²) in [5, 5.41) is 46.7. The van der Waals surface area contributed by atoms with E-state index < -0.39 is 30.0 Å². The zero-order chi connectivity index (χ0) is 30.3. The fourth-order valence-electron chi connectivity index (χ4n) is 5.08. The number of carbonyl (C=O) groups is 3. The van der Waals surface area contributed by atoms with Gasteiger partial charge in [0, 0.05) is 19.4 Å². The van der Waals surface area contributed by atoms with E-state index in [-0.39, 0.29) is 36.2 Å². The number of phenolic OH excluding ortho intramolecular Hbond substituents is 2. The van der Waals surface area contributed by atoms with E-state index in [1.807, 2.05) is 30.3 Å². The second kappa shape index (κ2) is 13.0. The van der Waals surface area contributed by atoms with Crippen LogP contribution >= 0.6 is 0 Å². The molecule has 1 aliphatic rings. The van der Waals surface area contributed by atoms with Crippen LogP contribution in [0.3, 0.4) is 0 Å². The number of hydrogen-bond acceptors (Lipinski definition) is 9. The number of nitrogens with one attached hydrogen (secondary N) is 2. The molecule has 2 heterocycles. The zero-order valence-electron chi connectivity index (χ0n) is 23.1. The summed E-state index contributed by atoms with van der Waals surface area (Å²) in [6.45, 7) is 0.310. The Morgan fingerprint density at radius 3 is 2.07 bits per heavy atom. The van der Waals surface area contributed by atoms with Crippen molar-refractivity contribution in [2.45, 2.75) is 43.8 Å². The molecule has 0 saturated carbocycles. The summed E-state index contributed by atoms with van der Waals surface area (Å²) in [6.07, 6.45) is 1.14. The van der Waals surface area contributed by atoms with Crippen molar-refractivity contribution in [2.24, 2.45) is 0 Å². The Morgan fingerprint density at radius 2 is 1.47 bits per heavy atom. The number of carboxylic acid groups (broad SMARTS) is 1. The molecule has 43 heavy (non-hydrogen) atoms. The summed E-state index contributed by atoms with van der Waals surface area (Å²) in [5.41, 5.74) is 2.05. The highest BCUT2D eigenvalue weighted by atomic mass is 16.4. The minimum absolute atomic E-state index is 0.00912. The number of aliphatic carboxylic acids is 1. The van der Waals surface area contributed by atoms with Gasteiger partial charge >= 0.3 is 5.97 Å². The number of phenols is 2. The van der Waals surface area contributed by atoms with Crippen molar-refractivity contribution in [2.75, 3.05) is 11.9 Å². The minimum Gasteiger partial charge on any atom is -0.508 e. The number of likely N-dealkylation sites (tertiary alicyclic amines) is 1. The van der Waals surface area contributed by atoms with Gasteiger partial charge < -0.3 is 30.9 Å². The van der Waals surface area contributed by atoms with Gasteiger partial charge in [-0.25, -0.2) is 4.79 Å². The first-order chi connectivity index (χ1) is 20.8. The lowest BCUT2D eigenvalue weighted by Crippen LogP contribution is -2.54. The number of rotatable bonds is 11. The summed E-state index contributed by atoms with van der Waals surface area (Å²) in [5.74, 6) is -1.79. The Balaban J connectivity index is 1.36. The second-order valence-corrected chi connectivity index (χ2v) is 10.3. The van der Waals surface area contributed by atoms with Crippen LogP contribution in [0.25, 0.3) is 5.69 Å². The number of benzene rings is 3. The molecule has 1 aliphatic heterocycles. The number of carbonyl (C=O) groups excluding carboxylic acids is 2. The lowest BCUT2D eigenvalue weighted by molar-refractivity contribution is -0.144. The summed E-state index contributed by atoms with van der Waals surface area (Å²) < 4.78 is 1.46. The van der Waals surface area contributed by atoms with Crippen molar-refractivity contribution in [1.82, 2.24) is 30.4 Å². The molecule has 0 bridgehead atoms. The predicted molar refractivity (Wildman–Crippen MR) is 154 cm³/mol. The van der Waals surface area contributed by atoms with Crippen LogP contribution in [0.15, 0.2) is 78.9 Å². The first-order valence-electron chi connectivity index (χ1n) is 13.8. The largest absolute Gasteiger partial charge is 0.508 e. The predicted octanol–water partition coefficient (Wildman–Crippen LogP) is 1.90. The molecule has 13 nitrogen and oxygen atoms in total. The number of aromatic nitrogens is 4. The van der Waals surface area contributed by atoms with Crippen LogP contribution in [0.1, 0.15) is 24.0 Å². The third-order valence-corrected chi connectivity index (χ3v) is 7.28. The first-order valence-corrected chi connectivity index (χ1v) is 13.8. The lowest BCUT2D eigenvalue weighted by atomic mass is 10.0. The Hall–Kier alpha value is -5.46. The van der Waals surface area contributed by atoms with E-state index in [9.17, 15) is 29.7 Å². The molecule has 0 aliphatic carbocycles. The molecule has 3 atom stereocenters. The number of para-hydroxylation sites is 1. The van der Waals surface area contributed by atoms with Crippen molar-refractivity contribution in [3.8, 4) is 17.2 Å². The van der Waals surface area contributed by atoms with Crippen LogP contribution in [0, 0.1) is 0 Å². The monoisotopic (exact) mass is 585 g/mol. The fourth-order valence-corrected chi connectivity index (χ4v) is 5.08. The molecule has 0 radical (unpaired) electrons. The van der Waals surface area contributed by atoms with Gasteiger partial charge in [0.05, 0.1) is 5.69 Å². The molecular formula is C30H31N7O6. The van der Waals surface area contributed by atoms with Gasteiger partial charge in [0.15, 0.2) is 0 Å². The van der Waals surface area contributed by atoms with Crippen molar-refractivity contribution in [3.05, 3.63) is 90.0 Å². The minimum atomic E-state index is -1.23. The molecule has 2 amide bonds. The molecule has 5 N–H and O–H groups in total. The Kier molecular flexibility index (Phi) is 8.79. The Labute approximate surface area is 246 Å². The number of amides is 2. The summed E-state index contributed by atoms with van der Waals surface area (Å²) in [6, 6.07) is 18.7. The van der Waals surface area contributed by atoms with Crippen molar-refractivity contribution in [1.29, 1.82) is 0 Å². The van der Waals surface area contributed by atoms with E-state index in [1.165, 1.54) is 33.8 Å². The van der Waals surface area contributed by atoms with Gasteiger partial charge in [0.25, 0.3) is 0 Å². The highest BCUT2D eigenvalue weighted by Gasteiger charge is 2.39. The van der Waals surface area contributed by atoms with Crippen LogP contribution in [-0.2, 0) is 27.2 Å². The standard InChI is InChI=1S/C30H31N7O6/c38-22-12-8-19(9-13-22)17-24(32-30-33-34-35-37(30)21-5-2-1-3-6-21)28(41)36-16-4-7-26(36)27(40)31-25(29(42)43)18-20-10-14-23(39)15-11-20/h1-3,5-6,8-15,24-26,38-39H,4,7,16-18H2,(H,31,40)(H,42,43)(H,32,33,35)/t24-,25-,26-/m0/s1. The summed E-state index contributed by atoms with van der Waals surface area (Å²) in [4.78, 5) is 40.9. The highest BCUT2D eigenvalue weighted by Crippen LogP contribution is 2.23. The maximum absolute atomic E-state index is 14.1. The van der Waals surface area contributed by atoms with E-state index in [4.69, 9.17) is 0 Å². The molecule has 1 saturated heterocycles. The van der Waals surface area contributed by atoms with Crippen LogP contribution in [-0.4, -0.2) is 82.9 Å². The maximum Gasteiger partial charge on any atom is 0.326 e. The number of hydrogen-bond donors (Lipinski definition) is 5. The number of carboxylic acids is 1. The summed E-state index contributed by atoms with van der Waals surface area (Å²) >= 11 is 0. The van der Waals surface area contributed by atoms with Crippen LogP contribution in [0.2, 0.25) is 0 Å². The van der Waals surface area contributed by atoms with Gasteiger partial charge in [-0.05, 0) is 70.8 Å². The van der Waals surface area contributed by atoms with Crippen molar-refractivity contribution >= 4 is 23.7 Å². The topological polar surface area (TPSA) is 183 Å². The zero-order valence-corrected chi connectivity index (χ0v) is 23.1. The highest BCUT2D eigenvalue weighted by molar-refractivity contribution is 5.93. The molecule has 1 aromatic heterocycles. The fraction of sp³-hybridized carbons (Fsp3) is 0.267. The molecule has 222 valence electrons. The van der Waals surface area contributed by atoms with Gasteiger partial charge in [0.2, 0.25) is 17.8 Å². The van der Waals surface area contributed by atoms with Crippen LogP contribution < -0.4 is 10.6 Å². The number of nitrogens with zero attached hydrogens (tertiary/aromatic N) is 5. The third-order valence-electron chi connectivity index (χ3n) is 7.28. The number of anilines is 1. The van der Waals surface area contributed by atoms with Gasteiger partial charge in [-0.15, -0.1) is 0 Å². The SMILES string of the molecule is O=C(O)[C@H](Cc1ccc(O)cc1)NC(=O)[C@@H]1CCCN1C(=O)[C@H](Cc1ccc(O)cc1)Nc1nnnn1-c1ccccc1. The molecule has 4 aromatic rings. The van der Waals surface area contributed by atoms with Gasteiger partial charge in [0.1, 0.15) is 29.6 Å². The average Bonchev–Trinajstić information content (AvgIpc) is 3.69. The molecule has 5 rings (SSSR count). The third kappa shape index (κ3) is 7.07. The molecular weight excluding hydrogens is 554 g/mol. The van der Waals surface area contributed by atoms with E-state index in [0.29, 0.717) is 30.6 Å². The molecule has 1 fully saturated rings. The van der Waals surface area contributed by atoms with Crippen LogP contribution in [0.5, 0.6) is 11.5 Å². The lowest BCUT2D eigenvalue weighted by Gasteiger charge is -2.29. The van der Waals surface area contributed by atoms with E-state index in [0.717, 1.165) is 5.56 Å². The molecule has 0 spiro atoms.